The van der Waals surface area contributed by atoms with Gasteiger partial charge in [0.15, 0.2) is 0 Å². The molecule has 0 aromatic heterocycles. The number of likely N-dealkylation sites (tertiary alicyclic amines) is 1. The van der Waals surface area contributed by atoms with Crippen molar-refractivity contribution in [2.75, 3.05) is 27.2 Å². The predicted octanol–water partition coefficient (Wildman–Crippen LogP) is 0.437. The van der Waals surface area contributed by atoms with Crippen LogP contribution >= 0.6 is 0 Å². The highest BCUT2D eigenvalue weighted by Crippen LogP contribution is 2.07. The highest BCUT2D eigenvalue weighted by Gasteiger charge is 2.17. The molecular formula is C8H16N2O2. The number of methoxy groups -OCH3 is 1. The van der Waals surface area contributed by atoms with E-state index in [1.54, 1.807) is 0 Å². The molecule has 0 spiro atoms. The van der Waals surface area contributed by atoms with Crippen LogP contribution in [0.25, 0.3) is 0 Å². The molecule has 0 atom stereocenters. The first-order valence-electron chi connectivity index (χ1n) is 4.25. The minimum absolute atomic E-state index is 0.300. The summed E-state index contributed by atoms with van der Waals surface area (Å²) in [6.45, 7) is 2.10. The van der Waals surface area contributed by atoms with E-state index in [9.17, 15) is 4.79 Å². The Balaban J connectivity index is 2.21. The molecule has 1 aliphatic rings. The summed E-state index contributed by atoms with van der Waals surface area (Å²) in [5.41, 5.74) is 0. The summed E-state index contributed by atoms with van der Waals surface area (Å²) in [7, 11) is 3.48. The molecule has 1 N–H and O–H groups in total. The Morgan fingerprint density at radius 2 is 2.08 bits per heavy atom. The first kappa shape index (κ1) is 9.32. The van der Waals surface area contributed by atoms with Gasteiger partial charge in [0.2, 0.25) is 0 Å². The molecule has 1 aliphatic heterocycles. The maximum atomic E-state index is 10.8. The largest absolute Gasteiger partial charge is 0.453 e. The number of nitrogens with zero attached hydrogens (tertiary/aromatic N) is 1. The lowest BCUT2D eigenvalue weighted by atomic mass is 10.1. The quantitative estimate of drug-likeness (QED) is 0.624. The molecule has 4 nitrogen and oxygen atoms in total. The van der Waals surface area contributed by atoms with Gasteiger partial charge in [-0.1, -0.05) is 0 Å². The molecule has 1 heterocycles. The SMILES string of the molecule is COC(=O)NC1CCN(C)CC1. The van der Waals surface area contributed by atoms with Crippen LogP contribution < -0.4 is 5.32 Å². The highest BCUT2D eigenvalue weighted by molar-refractivity contribution is 5.67. The zero-order valence-electron chi connectivity index (χ0n) is 7.67. The molecule has 0 bridgehead atoms. The molecule has 0 saturated carbocycles. The molecule has 12 heavy (non-hydrogen) atoms. The molecule has 0 unspecified atom stereocenters. The van der Waals surface area contributed by atoms with Crippen LogP contribution in [0.15, 0.2) is 0 Å². The fourth-order valence-corrected chi connectivity index (χ4v) is 1.38. The molecule has 0 radical (unpaired) electrons. The van der Waals surface area contributed by atoms with Crippen molar-refractivity contribution in [1.29, 1.82) is 0 Å². The van der Waals surface area contributed by atoms with Crippen molar-refractivity contribution in [2.45, 2.75) is 18.9 Å². The summed E-state index contributed by atoms with van der Waals surface area (Å²) >= 11 is 0. The van der Waals surface area contributed by atoms with Crippen LogP contribution in [-0.2, 0) is 4.74 Å². The highest BCUT2D eigenvalue weighted by atomic mass is 16.5. The molecule has 1 fully saturated rings. The lowest BCUT2D eigenvalue weighted by Gasteiger charge is -2.28. The second-order valence-electron chi connectivity index (χ2n) is 3.21. The first-order valence-corrected chi connectivity index (χ1v) is 4.25. The van der Waals surface area contributed by atoms with Crippen LogP contribution in [0.5, 0.6) is 0 Å². The number of hydrogen-bond acceptors (Lipinski definition) is 3. The Labute approximate surface area is 72.9 Å². The van der Waals surface area contributed by atoms with Crippen molar-refractivity contribution in [3.63, 3.8) is 0 Å². The zero-order chi connectivity index (χ0) is 8.97. The average Bonchev–Trinajstić information content (AvgIpc) is 2.09. The molecule has 0 aromatic carbocycles. The third kappa shape index (κ3) is 2.70. The smallest absolute Gasteiger partial charge is 0.407 e. The summed E-state index contributed by atoms with van der Waals surface area (Å²) in [5.74, 6) is 0. The second-order valence-corrected chi connectivity index (χ2v) is 3.21. The van der Waals surface area contributed by atoms with Crippen LogP contribution in [-0.4, -0.2) is 44.3 Å². The molecule has 70 valence electrons. The summed E-state index contributed by atoms with van der Waals surface area (Å²) < 4.78 is 4.52. The Morgan fingerprint density at radius 1 is 1.50 bits per heavy atom. The zero-order valence-corrected chi connectivity index (χ0v) is 7.67. The van der Waals surface area contributed by atoms with E-state index in [4.69, 9.17) is 0 Å². The van der Waals surface area contributed by atoms with Gasteiger partial charge in [-0.2, -0.15) is 0 Å². The third-order valence-electron chi connectivity index (χ3n) is 2.23. The maximum Gasteiger partial charge on any atom is 0.407 e. The van der Waals surface area contributed by atoms with Gasteiger partial charge in [-0.05, 0) is 33.0 Å². The summed E-state index contributed by atoms with van der Waals surface area (Å²) in [6, 6.07) is 0.300. The minimum atomic E-state index is -0.315. The number of alkyl carbamates (subject to hydrolysis) is 1. The van der Waals surface area contributed by atoms with Crippen molar-refractivity contribution in [3.05, 3.63) is 0 Å². The van der Waals surface area contributed by atoms with E-state index >= 15 is 0 Å². The maximum absolute atomic E-state index is 10.8. The van der Waals surface area contributed by atoms with E-state index in [2.05, 4.69) is 22.0 Å². The fourth-order valence-electron chi connectivity index (χ4n) is 1.38. The van der Waals surface area contributed by atoms with Gasteiger partial charge < -0.3 is 15.0 Å². The number of piperidine rings is 1. The Kier molecular flexibility index (Phi) is 3.34. The van der Waals surface area contributed by atoms with Crippen molar-refractivity contribution < 1.29 is 9.53 Å². The minimum Gasteiger partial charge on any atom is -0.453 e. The monoisotopic (exact) mass is 172 g/mol. The van der Waals surface area contributed by atoms with E-state index in [0.717, 1.165) is 25.9 Å². The molecule has 1 saturated heterocycles. The van der Waals surface area contributed by atoms with E-state index in [0.29, 0.717) is 6.04 Å². The Bertz CT molecular complexity index is 153. The van der Waals surface area contributed by atoms with Gasteiger partial charge in [0, 0.05) is 6.04 Å². The number of hydrogen-bond donors (Lipinski definition) is 1. The standard InChI is InChI=1S/C8H16N2O2/c1-10-5-3-7(4-6-10)9-8(11)12-2/h7H,3-6H2,1-2H3,(H,9,11). The molecule has 1 amide bonds. The van der Waals surface area contributed by atoms with Crippen molar-refractivity contribution in [1.82, 2.24) is 10.2 Å². The molecule has 0 aliphatic carbocycles. The van der Waals surface area contributed by atoms with Gasteiger partial charge in [0.05, 0.1) is 7.11 Å². The Morgan fingerprint density at radius 3 is 2.58 bits per heavy atom. The van der Waals surface area contributed by atoms with Crippen LogP contribution in [0, 0.1) is 0 Å². The van der Waals surface area contributed by atoms with Crippen molar-refractivity contribution in [3.8, 4) is 0 Å². The topological polar surface area (TPSA) is 41.6 Å². The number of ether oxygens (including phenoxy) is 1. The van der Waals surface area contributed by atoms with E-state index < -0.39 is 0 Å². The van der Waals surface area contributed by atoms with Crippen LogP contribution in [0.3, 0.4) is 0 Å². The van der Waals surface area contributed by atoms with E-state index in [1.165, 1.54) is 7.11 Å². The van der Waals surface area contributed by atoms with Gasteiger partial charge in [0.1, 0.15) is 0 Å². The van der Waals surface area contributed by atoms with Gasteiger partial charge in [0.25, 0.3) is 0 Å². The van der Waals surface area contributed by atoms with Gasteiger partial charge in [-0.15, -0.1) is 0 Å². The molecular weight excluding hydrogens is 156 g/mol. The third-order valence-corrected chi connectivity index (χ3v) is 2.23. The lowest BCUT2D eigenvalue weighted by Crippen LogP contribution is -2.43. The summed E-state index contributed by atoms with van der Waals surface area (Å²) in [4.78, 5) is 13.1. The van der Waals surface area contributed by atoms with Gasteiger partial charge >= 0.3 is 6.09 Å². The summed E-state index contributed by atoms with van der Waals surface area (Å²) in [6.07, 6.45) is 1.72. The van der Waals surface area contributed by atoms with Crippen molar-refractivity contribution >= 4 is 6.09 Å². The van der Waals surface area contributed by atoms with Crippen LogP contribution in [0.2, 0.25) is 0 Å². The second kappa shape index (κ2) is 4.30. The van der Waals surface area contributed by atoms with E-state index in [-0.39, 0.29) is 6.09 Å². The average molecular weight is 172 g/mol. The molecule has 0 aromatic rings. The number of rotatable bonds is 1. The fraction of sp³-hybridized carbons (Fsp3) is 0.875. The van der Waals surface area contributed by atoms with Crippen LogP contribution in [0.4, 0.5) is 4.79 Å². The first-order chi connectivity index (χ1) is 5.72. The predicted molar refractivity (Wildman–Crippen MR) is 46.1 cm³/mol. The number of amides is 1. The Hall–Kier alpha value is -0.770. The van der Waals surface area contributed by atoms with E-state index in [1.807, 2.05) is 0 Å². The van der Waals surface area contributed by atoms with Gasteiger partial charge in [-0.3, -0.25) is 0 Å². The van der Waals surface area contributed by atoms with Crippen molar-refractivity contribution in [2.24, 2.45) is 0 Å². The number of nitrogens with one attached hydrogen (secondary N) is 1. The number of carbonyl (C=O) groups is 1. The van der Waals surface area contributed by atoms with Crippen LogP contribution in [0.1, 0.15) is 12.8 Å². The number of carbonyl (C=O) groups excluding carboxylic acids is 1. The van der Waals surface area contributed by atoms with Gasteiger partial charge in [-0.25, -0.2) is 4.79 Å². The normalized spacial score (nSPS) is 20.5. The molecule has 4 heteroatoms. The lowest BCUT2D eigenvalue weighted by molar-refractivity contribution is 0.157. The summed E-state index contributed by atoms with van der Waals surface area (Å²) in [5, 5.41) is 2.80. The molecule has 1 rings (SSSR count).